The van der Waals surface area contributed by atoms with E-state index in [9.17, 15) is 9.18 Å². The Morgan fingerprint density at radius 3 is 2.86 bits per heavy atom. The van der Waals surface area contributed by atoms with E-state index in [4.69, 9.17) is 4.74 Å². The second-order valence-corrected chi connectivity index (χ2v) is 5.37. The summed E-state index contributed by atoms with van der Waals surface area (Å²) in [6.45, 7) is 0. The maximum Gasteiger partial charge on any atom is 0.260 e. The average molecular weight is 303 g/mol. The zero-order valence-corrected chi connectivity index (χ0v) is 12.4. The van der Waals surface area contributed by atoms with Gasteiger partial charge in [-0.05, 0) is 25.0 Å². The Hall–Kier alpha value is -2.37. The third-order valence-corrected chi connectivity index (χ3v) is 4.00. The van der Waals surface area contributed by atoms with E-state index < -0.39 is 11.7 Å². The topological polar surface area (TPSA) is 56.1 Å². The van der Waals surface area contributed by atoms with Gasteiger partial charge < -0.3 is 10.1 Å². The highest BCUT2D eigenvalue weighted by atomic mass is 19.1. The van der Waals surface area contributed by atoms with E-state index in [-0.39, 0.29) is 11.3 Å². The predicted molar refractivity (Wildman–Crippen MR) is 80.6 cm³/mol. The van der Waals surface area contributed by atoms with E-state index in [1.165, 1.54) is 38.2 Å². The van der Waals surface area contributed by atoms with Gasteiger partial charge in [0.05, 0.1) is 24.9 Å². The lowest BCUT2D eigenvalue weighted by molar-refractivity contribution is 0.102. The molecule has 1 aromatic carbocycles. The van der Waals surface area contributed by atoms with Gasteiger partial charge >= 0.3 is 0 Å². The van der Waals surface area contributed by atoms with E-state index in [1.807, 2.05) is 4.68 Å². The molecule has 0 spiro atoms. The van der Waals surface area contributed by atoms with Gasteiger partial charge in [-0.3, -0.25) is 4.79 Å². The molecule has 0 aliphatic heterocycles. The summed E-state index contributed by atoms with van der Waals surface area (Å²) < 4.78 is 20.5. The molecular formula is C16H18FN3O2. The fourth-order valence-electron chi connectivity index (χ4n) is 2.93. The highest BCUT2D eigenvalue weighted by Gasteiger charge is 2.22. The zero-order chi connectivity index (χ0) is 15.5. The summed E-state index contributed by atoms with van der Waals surface area (Å²) in [6.07, 6.45) is 6.14. The lowest BCUT2D eigenvalue weighted by atomic mass is 10.2. The molecule has 0 bridgehead atoms. The van der Waals surface area contributed by atoms with Gasteiger partial charge in [0.2, 0.25) is 0 Å². The van der Waals surface area contributed by atoms with Gasteiger partial charge in [0.1, 0.15) is 5.82 Å². The number of aromatic nitrogens is 2. The smallest absolute Gasteiger partial charge is 0.260 e. The Morgan fingerprint density at radius 2 is 2.14 bits per heavy atom. The molecule has 1 aliphatic rings. The van der Waals surface area contributed by atoms with Crippen LogP contribution in [0.2, 0.25) is 0 Å². The van der Waals surface area contributed by atoms with Crippen LogP contribution in [0.1, 0.15) is 42.1 Å². The molecule has 0 saturated heterocycles. The fraction of sp³-hybridized carbons (Fsp3) is 0.375. The van der Waals surface area contributed by atoms with Gasteiger partial charge in [-0.1, -0.05) is 18.9 Å². The molecule has 1 aromatic heterocycles. The van der Waals surface area contributed by atoms with Crippen molar-refractivity contribution in [3.63, 3.8) is 0 Å². The number of anilines is 1. The summed E-state index contributed by atoms with van der Waals surface area (Å²) in [5, 5.41) is 7.10. The van der Waals surface area contributed by atoms with Crippen molar-refractivity contribution in [1.82, 2.24) is 9.78 Å². The zero-order valence-electron chi connectivity index (χ0n) is 12.4. The quantitative estimate of drug-likeness (QED) is 0.942. The number of nitrogens with one attached hydrogen (secondary N) is 1. The van der Waals surface area contributed by atoms with E-state index in [1.54, 1.807) is 12.3 Å². The molecule has 0 atom stereocenters. The molecule has 2 aromatic rings. The van der Waals surface area contributed by atoms with Gasteiger partial charge in [-0.2, -0.15) is 5.10 Å². The Morgan fingerprint density at radius 1 is 1.36 bits per heavy atom. The molecule has 1 fully saturated rings. The maximum absolute atomic E-state index is 13.7. The largest absolute Gasteiger partial charge is 0.493 e. The summed E-state index contributed by atoms with van der Waals surface area (Å²) in [5.74, 6) is -0.384. The lowest BCUT2D eigenvalue weighted by Crippen LogP contribution is -2.18. The van der Waals surface area contributed by atoms with Crippen molar-refractivity contribution in [3.8, 4) is 5.75 Å². The molecule has 0 unspecified atom stereocenters. The van der Waals surface area contributed by atoms with Crippen molar-refractivity contribution in [1.29, 1.82) is 0 Å². The van der Waals surface area contributed by atoms with Crippen LogP contribution in [0, 0.1) is 5.82 Å². The van der Waals surface area contributed by atoms with E-state index in [0.717, 1.165) is 12.8 Å². The van der Waals surface area contributed by atoms with Crippen LogP contribution in [0.25, 0.3) is 0 Å². The highest BCUT2D eigenvalue weighted by molar-refractivity contribution is 6.05. The number of methoxy groups -OCH3 is 1. The van der Waals surface area contributed by atoms with E-state index in [0.29, 0.717) is 11.9 Å². The molecule has 3 rings (SSSR count). The van der Waals surface area contributed by atoms with Crippen LogP contribution in [0.4, 0.5) is 10.2 Å². The molecule has 22 heavy (non-hydrogen) atoms. The summed E-state index contributed by atoms with van der Waals surface area (Å²) in [4.78, 5) is 12.4. The van der Waals surface area contributed by atoms with Crippen LogP contribution in [0.15, 0.2) is 30.5 Å². The van der Waals surface area contributed by atoms with Gasteiger partial charge in [-0.15, -0.1) is 0 Å². The first-order chi connectivity index (χ1) is 10.7. The first-order valence-electron chi connectivity index (χ1n) is 7.38. The van der Waals surface area contributed by atoms with Crippen molar-refractivity contribution >= 4 is 11.7 Å². The Kier molecular flexibility index (Phi) is 4.09. The molecule has 1 N–H and O–H groups in total. The number of ether oxygens (including phenoxy) is 1. The van der Waals surface area contributed by atoms with Crippen molar-refractivity contribution in [2.45, 2.75) is 31.7 Å². The number of nitrogens with zero attached hydrogens (tertiary/aromatic N) is 2. The third-order valence-electron chi connectivity index (χ3n) is 4.00. The van der Waals surface area contributed by atoms with E-state index >= 15 is 0 Å². The molecule has 1 heterocycles. The number of carbonyl (C=O) groups excluding carboxylic acids is 1. The number of para-hydroxylation sites is 1. The van der Waals surface area contributed by atoms with Crippen molar-refractivity contribution in [2.75, 3.05) is 12.4 Å². The van der Waals surface area contributed by atoms with Gasteiger partial charge in [0.15, 0.2) is 11.6 Å². The standard InChI is InChI=1S/C16H18FN3O2/c1-22-15-12(7-4-8-13(15)17)16(21)19-14-9-10-18-20(14)11-5-2-3-6-11/h4,7-11H,2-3,5-6H2,1H3,(H,19,21). The highest BCUT2D eigenvalue weighted by Crippen LogP contribution is 2.31. The van der Waals surface area contributed by atoms with Crippen LogP contribution in [-0.2, 0) is 0 Å². The Bertz CT molecular complexity index is 678. The average Bonchev–Trinajstić information content (AvgIpc) is 3.17. The van der Waals surface area contributed by atoms with Crippen LogP contribution in [0.3, 0.4) is 0 Å². The summed E-state index contributed by atoms with van der Waals surface area (Å²) in [7, 11) is 1.35. The minimum atomic E-state index is -0.556. The Labute approximate surface area is 128 Å². The van der Waals surface area contributed by atoms with Crippen LogP contribution in [0.5, 0.6) is 5.75 Å². The maximum atomic E-state index is 13.7. The molecule has 1 saturated carbocycles. The van der Waals surface area contributed by atoms with Gasteiger partial charge in [0, 0.05) is 6.07 Å². The summed E-state index contributed by atoms with van der Waals surface area (Å²) >= 11 is 0. The lowest BCUT2D eigenvalue weighted by Gasteiger charge is -2.15. The Balaban J connectivity index is 1.83. The van der Waals surface area contributed by atoms with Gasteiger partial charge in [0.25, 0.3) is 5.91 Å². The number of halogens is 1. The minimum absolute atomic E-state index is 0.0491. The first-order valence-corrected chi connectivity index (χ1v) is 7.38. The minimum Gasteiger partial charge on any atom is -0.493 e. The van der Waals surface area contributed by atoms with Crippen LogP contribution < -0.4 is 10.1 Å². The molecule has 1 amide bonds. The third kappa shape index (κ3) is 2.68. The first kappa shape index (κ1) is 14.6. The summed E-state index contributed by atoms with van der Waals surface area (Å²) in [5.41, 5.74) is 0.168. The summed E-state index contributed by atoms with van der Waals surface area (Å²) in [6, 6.07) is 6.36. The molecule has 116 valence electrons. The van der Waals surface area contributed by atoms with Crippen LogP contribution >= 0.6 is 0 Å². The second kappa shape index (κ2) is 6.17. The fourth-order valence-corrected chi connectivity index (χ4v) is 2.93. The van der Waals surface area contributed by atoms with Crippen molar-refractivity contribution < 1.29 is 13.9 Å². The second-order valence-electron chi connectivity index (χ2n) is 5.37. The molecule has 1 aliphatic carbocycles. The number of hydrogen-bond acceptors (Lipinski definition) is 3. The van der Waals surface area contributed by atoms with Gasteiger partial charge in [-0.25, -0.2) is 9.07 Å². The normalized spacial score (nSPS) is 15.0. The monoisotopic (exact) mass is 303 g/mol. The molecule has 5 nitrogen and oxygen atoms in total. The van der Waals surface area contributed by atoms with Crippen LogP contribution in [-0.4, -0.2) is 22.8 Å². The SMILES string of the molecule is COc1c(F)cccc1C(=O)Nc1ccnn1C1CCCC1. The number of carbonyl (C=O) groups is 1. The predicted octanol–water partition coefficient (Wildman–Crippen LogP) is 3.40. The number of benzene rings is 1. The molecule has 0 radical (unpaired) electrons. The van der Waals surface area contributed by atoms with Crippen molar-refractivity contribution in [3.05, 3.63) is 41.8 Å². The molecule has 6 heteroatoms. The number of amides is 1. The van der Waals surface area contributed by atoms with E-state index in [2.05, 4.69) is 10.4 Å². The van der Waals surface area contributed by atoms with Crippen molar-refractivity contribution in [2.24, 2.45) is 0 Å². The number of hydrogen-bond donors (Lipinski definition) is 1. The number of rotatable bonds is 4. The molecular weight excluding hydrogens is 285 g/mol.